The Labute approximate surface area is 230 Å². The molecule has 6 rings (SSSR count). The van der Waals surface area contributed by atoms with Gasteiger partial charge in [-0.1, -0.05) is 41.9 Å². The van der Waals surface area contributed by atoms with Crippen LogP contribution in [0.5, 0.6) is 0 Å². The van der Waals surface area contributed by atoms with Gasteiger partial charge in [-0.2, -0.15) is 0 Å². The third-order valence-corrected chi connectivity index (χ3v) is 6.91. The molecule has 1 atom stereocenters. The van der Waals surface area contributed by atoms with Crippen LogP contribution in [-0.2, 0) is 13.5 Å². The number of furan rings is 1. The van der Waals surface area contributed by atoms with Gasteiger partial charge in [0.2, 0.25) is 0 Å². The lowest BCUT2D eigenvalue weighted by molar-refractivity contribution is 0.0908. The fourth-order valence-corrected chi connectivity index (χ4v) is 4.86. The summed E-state index contributed by atoms with van der Waals surface area (Å²) in [5, 5.41) is 4.46. The molecule has 0 saturated carbocycles. The van der Waals surface area contributed by atoms with Gasteiger partial charge in [0.15, 0.2) is 5.76 Å². The molecule has 0 spiro atoms. The summed E-state index contributed by atoms with van der Waals surface area (Å²) in [6.07, 6.45) is 7.60. The van der Waals surface area contributed by atoms with Crippen LogP contribution in [0.1, 0.15) is 28.1 Å². The average molecular weight is 534 g/mol. The molecule has 2 aromatic carbocycles. The van der Waals surface area contributed by atoms with Crippen molar-refractivity contribution in [2.24, 2.45) is 7.05 Å². The van der Waals surface area contributed by atoms with E-state index in [4.69, 9.17) is 21.0 Å². The number of aromatic nitrogens is 4. The third-order valence-electron chi connectivity index (χ3n) is 6.68. The minimum absolute atomic E-state index is 0.208. The number of amides is 1. The Bertz CT molecular complexity index is 1750. The Morgan fingerprint density at radius 1 is 0.923 bits per heavy atom. The molecule has 192 valence electrons. The SMILES string of the molecule is Cn1c(-c2ccc(-c3ccncc3)cc2)cnc1C(Cc1ccccn1)NC(=O)c1cc2cc(Cl)ccc2o1. The quantitative estimate of drug-likeness (QED) is 0.248. The first-order chi connectivity index (χ1) is 19.0. The molecule has 1 amide bonds. The van der Waals surface area contributed by atoms with E-state index in [1.54, 1.807) is 42.9 Å². The Hall–Kier alpha value is -4.75. The zero-order chi connectivity index (χ0) is 26.8. The molecule has 0 saturated heterocycles. The maximum Gasteiger partial charge on any atom is 0.287 e. The summed E-state index contributed by atoms with van der Waals surface area (Å²) in [5.74, 6) is 0.579. The van der Waals surface area contributed by atoms with Gasteiger partial charge in [-0.3, -0.25) is 14.8 Å². The van der Waals surface area contributed by atoms with Crippen LogP contribution in [0.3, 0.4) is 0 Å². The summed E-state index contributed by atoms with van der Waals surface area (Å²) >= 11 is 6.11. The number of nitrogens with zero attached hydrogens (tertiary/aromatic N) is 4. The molecule has 4 heterocycles. The van der Waals surface area contributed by atoms with E-state index in [0.29, 0.717) is 22.9 Å². The summed E-state index contributed by atoms with van der Waals surface area (Å²) in [4.78, 5) is 26.6. The highest BCUT2D eigenvalue weighted by Crippen LogP contribution is 2.28. The van der Waals surface area contributed by atoms with Crippen LogP contribution >= 0.6 is 11.6 Å². The molecule has 4 aromatic heterocycles. The first-order valence-corrected chi connectivity index (χ1v) is 12.9. The van der Waals surface area contributed by atoms with Gasteiger partial charge in [0.25, 0.3) is 5.91 Å². The lowest BCUT2D eigenvalue weighted by Gasteiger charge is -2.18. The van der Waals surface area contributed by atoms with Crippen LogP contribution in [0.2, 0.25) is 5.02 Å². The maximum absolute atomic E-state index is 13.3. The molecular formula is C31H24ClN5O2. The van der Waals surface area contributed by atoms with Gasteiger partial charge in [0, 0.05) is 48.2 Å². The summed E-state index contributed by atoms with van der Waals surface area (Å²) in [6.45, 7) is 0. The van der Waals surface area contributed by atoms with Crippen LogP contribution in [-0.4, -0.2) is 25.4 Å². The topological polar surface area (TPSA) is 85.8 Å². The molecular weight excluding hydrogens is 510 g/mol. The van der Waals surface area contributed by atoms with Gasteiger partial charge < -0.3 is 14.3 Å². The molecule has 0 bridgehead atoms. The van der Waals surface area contributed by atoms with Crippen molar-refractivity contribution in [2.75, 3.05) is 0 Å². The second-order valence-electron chi connectivity index (χ2n) is 9.22. The molecule has 1 unspecified atom stereocenters. The Morgan fingerprint density at radius 2 is 1.69 bits per heavy atom. The van der Waals surface area contributed by atoms with E-state index in [9.17, 15) is 4.79 Å². The molecule has 0 radical (unpaired) electrons. The van der Waals surface area contributed by atoms with Crippen molar-refractivity contribution in [3.8, 4) is 22.4 Å². The third kappa shape index (κ3) is 5.17. The standard InChI is InChI=1S/C31H24ClN5O2/c1-37-27(22-7-5-20(6-8-22)21-11-14-33-15-12-21)19-35-30(37)26(18-25-4-2-3-13-34-25)36-31(38)29-17-23-16-24(32)9-10-28(23)39-29/h2-17,19,26H,18H2,1H3,(H,36,38). The van der Waals surface area contributed by atoms with E-state index in [2.05, 4.69) is 39.6 Å². The number of carbonyl (C=O) groups is 1. The second-order valence-corrected chi connectivity index (χ2v) is 9.65. The highest BCUT2D eigenvalue weighted by molar-refractivity contribution is 6.31. The summed E-state index contributed by atoms with van der Waals surface area (Å²) in [5.41, 5.74) is 5.60. The highest BCUT2D eigenvalue weighted by atomic mass is 35.5. The van der Waals surface area contributed by atoms with E-state index in [0.717, 1.165) is 33.5 Å². The van der Waals surface area contributed by atoms with Gasteiger partial charge >= 0.3 is 0 Å². The number of halogens is 1. The molecule has 0 aliphatic rings. The predicted molar refractivity (Wildman–Crippen MR) is 151 cm³/mol. The Kier molecular flexibility index (Phi) is 6.65. The Morgan fingerprint density at radius 3 is 2.46 bits per heavy atom. The maximum atomic E-state index is 13.3. The molecule has 1 N–H and O–H groups in total. The number of hydrogen-bond donors (Lipinski definition) is 1. The second kappa shape index (κ2) is 10.6. The number of pyridine rings is 2. The van der Waals surface area contributed by atoms with Crippen molar-refractivity contribution in [1.29, 1.82) is 0 Å². The largest absolute Gasteiger partial charge is 0.451 e. The molecule has 0 aliphatic carbocycles. The summed E-state index contributed by atoms with van der Waals surface area (Å²) in [6, 6.07) is 24.5. The molecule has 8 heteroatoms. The Balaban J connectivity index is 1.30. The number of imidazole rings is 1. The smallest absolute Gasteiger partial charge is 0.287 e. The molecule has 6 aromatic rings. The van der Waals surface area contributed by atoms with Gasteiger partial charge in [-0.15, -0.1) is 0 Å². The van der Waals surface area contributed by atoms with E-state index >= 15 is 0 Å². The van der Waals surface area contributed by atoms with Crippen molar-refractivity contribution in [3.63, 3.8) is 0 Å². The van der Waals surface area contributed by atoms with E-state index < -0.39 is 6.04 Å². The minimum Gasteiger partial charge on any atom is -0.451 e. The first kappa shape index (κ1) is 24.6. The monoisotopic (exact) mass is 533 g/mol. The molecule has 7 nitrogen and oxygen atoms in total. The van der Waals surface area contributed by atoms with Crippen molar-refractivity contribution < 1.29 is 9.21 Å². The predicted octanol–water partition coefficient (Wildman–Crippen LogP) is 6.66. The molecule has 39 heavy (non-hydrogen) atoms. The highest BCUT2D eigenvalue weighted by Gasteiger charge is 2.24. The summed E-state index contributed by atoms with van der Waals surface area (Å²) < 4.78 is 7.81. The zero-order valence-corrected chi connectivity index (χ0v) is 21.8. The van der Waals surface area contributed by atoms with Crippen LogP contribution in [0.25, 0.3) is 33.4 Å². The summed E-state index contributed by atoms with van der Waals surface area (Å²) in [7, 11) is 1.95. The fraction of sp³-hybridized carbons (Fsp3) is 0.0968. The van der Waals surface area contributed by atoms with Crippen molar-refractivity contribution in [1.82, 2.24) is 24.8 Å². The molecule has 0 aliphatic heterocycles. The molecule has 0 fully saturated rings. The number of carbonyl (C=O) groups excluding carboxylic acids is 1. The van der Waals surface area contributed by atoms with Crippen molar-refractivity contribution in [3.05, 3.63) is 126 Å². The van der Waals surface area contributed by atoms with Gasteiger partial charge in [-0.05, 0) is 65.2 Å². The minimum atomic E-state index is -0.445. The van der Waals surface area contributed by atoms with Crippen LogP contribution in [0.4, 0.5) is 0 Å². The normalized spacial score (nSPS) is 11.9. The number of fused-ring (bicyclic) bond motifs is 1. The number of benzene rings is 2. The van der Waals surface area contributed by atoms with Crippen molar-refractivity contribution >= 4 is 28.5 Å². The van der Waals surface area contributed by atoms with E-state index in [1.807, 2.05) is 48.1 Å². The number of nitrogens with one attached hydrogen (secondary N) is 1. The van der Waals surface area contributed by atoms with Crippen LogP contribution in [0.15, 0.2) is 108 Å². The van der Waals surface area contributed by atoms with Gasteiger partial charge in [0.05, 0.1) is 17.9 Å². The lowest BCUT2D eigenvalue weighted by Crippen LogP contribution is -2.31. The van der Waals surface area contributed by atoms with Crippen LogP contribution in [0, 0.1) is 0 Å². The number of rotatable bonds is 7. The van der Waals surface area contributed by atoms with E-state index in [1.165, 1.54) is 0 Å². The van der Waals surface area contributed by atoms with Crippen LogP contribution < -0.4 is 5.32 Å². The first-order valence-electron chi connectivity index (χ1n) is 12.5. The van der Waals surface area contributed by atoms with Gasteiger partial charge in [0.1, 0.15) is 11.4 Å². The van der Waals surface area contributed by atoms with Crippen molar-refractivity contribution in [2.45, 2.75) is 12.5 Å². The lowest BCUT2D eigenvalue weighted by atomic mass is 10.0. The van der Waals surface area contributed by atoms with Gasteiger partial charge in [-0.25, -0.2) is 4.98 Å². The van der Waals surface area contributed by atoms with E-state index in [-0.39, 0.29) is 11.7 Å². The average Bonchev–Trinajstić information content (AvgIpc) is 3.57. The number of hydrogen-bond acceptors (Lipinski definition) is 5. The fourth-order valence-electron chi connectivity index (χ4n) is 4.68. The zero-order valence-electron chi connectivity index (χ0n) is 21.1.